The number of rotatable bonds is 4. The molecule has 0 saturated heterocycles. The van der Waals surface area contributed by atoms with Gasteiger partial charge in [0, 0.05) is 10.3 Å². The minimum atomic E-state index is 0.0148. The lowest BCUT2D eigenvalue weighted by Crippen LogP contribution is -1.95. The summed E-state index contributed by atoms with van der Waals surface area (Å²) >= 11 is 8.11. The van der Waals surface area contributed by atoms with E-state index in [2.05, 4.69) is 32.0 Å². The second-order valence-electron chi connectivity index (χ2n) is 4.48. The molecule has 18 heavy (non-hydrogen) atoms. The maximum absolute atomic E-state index is 6.46. The molecular weight excluding hydrogens is 264 g/mol. The van der Waals surface area contributed by atoms with Crippen molar-refractivity contribution in [1.82, 2.24) is 0 Å². The van der Waals surface area contributed by atoms with Gasteiger partial charge in [-0.3, -0.25) is 0 Å². The number of aryl methyl sites for hydroxylation is 2. The summed E-state index contributed by atoms with van der Waals surface area (Å²) in [5.41, 5.74) is 3.92. The number of hydrogen-bond donors (Lipinski definition) is 0. The molecule has 1 aromatic carbocycles. The van der Waals surface area contributed by atoms with Crippen molar-refractivity contribution in [1.29, 1.82) is 0 Å². The fourth-order valence-electron chi connectivity index (χ4n) is 1.84. The molecule has 0 N–H and O–H groups in total. The van der Waals surface area contributed by atoms with Crippen LogP contribution in [0.15, 0.2) is 29.6 Å². The van der Waals surface area contributed by atoms with Gasteiger partial charge in [0.15, 0.2) is 0 Å². The summed E-state index contributed by atoms with van der Waals surface area (Å²) in [4.78, 5) is 1.16. The molecule has 2 rings (SSSR count). The van der Waals surface area contributed by atoms with Crippen molar-refractivity contribution in [2.24, 2.45) is 0 Å². The summed E-state index contributed by atoms with van der Waals surface area (Å²) < 4.78 is 5.18. The first-order valence-electron chi connectivity index (χ1n) is 5.92. The van der Waals surface area contributed by atoms with Crippen LogP contribution in [0.5, 0.6) is 5.75 Å². The van der Waals surface area contributed by atoms with Gasteiger partial charge >= 0.3 is 0 Å². The van der Waals surface area contributed by atoms with Crippen LogP contribution in [0, 0.1) is 13.8 Å². The second-order valence-corrected chi connectivity index (χ2v) is 5.95. The van der Waals surface area contributed by atoms with E-state index in [-0.39, 0.29) is 5.38 Å². The standard InChI is InChI=1S/C15H17ClOS/c1-10-4-5-12(6-11(10)2)7-14(16)15-8-13(17-3)9-18-15/h4-6,8-9,14H,7H2,1-3H3. The molecule has 96 valence electrons. The number of methoxy groups -OCH3 is 1. The second kappa shape index (κ2) is 5.77. The smallest absolute Gasteiger partial charge is 0.129 e. The van der Waals surface area contributed by atoms with Gasteiger partial charge in [-0.2, -0.15) is 0 Å². The molecule has 1 heterocycles. The number of hydrogen-bond acceptors (Lipinski definition) is 2. The van der Waals surface area contributed by atoms with Gasteiger partial charge in [0.05, 0.1) is 12.5 Å². The third kappa shape index (κ3) is 3.06. The maximum atomic E-state index is 6.46. The summed E-state index contributed by atoms with van der Waals surface area (Å²) in [7, 11) is 1.68. The molecule has 2 aromatic rings. The highest BCUT2D eigenvalue weighted by Gasteiger charge is 2.12. The highest BCUT2D eigenvalue weighted by atomic mass is 35.5. The van der Waals surface area contributed by atoms with Crippen LogP contribution in [-0.4, -0.2) is 7.11 Å². The zero-order valence-corrected chi connectivity index (χ0v) is 12.4. The van der Waals surface area contributed by atoms with Gasteiger partial charge in [-0.05, 0) is 43.0 Å². The van der Waals surface area contributed by atoms with Gasteiger partial charge in [0.1, 0.15) is 5.75 Å². The first-order valence-corrected chi connectivity index (χ1v) is 7.24. The Labute approximate surface area is 117 Å². The zero-order valence-electron chi connectivity index (χ0n) is 10.9. The van der Waals surface area contributed by atoms with Crippen LogP contribution >= 0.6 is 22.9 Å². The van der Waals surface area contributed by atoms with Crippen LogP contribution in [0.25, 0.3) is 0 Å². The van der Waals surface area contributed by atoms with Crippen LogP contribution in [0.2, 0.25) is 0 Å². The molecule has 0 spiro atoms. The largest absolute Gasteiger partial charge is 0.496 e. The molecule has 0 amide bonds. The molecular formula is C15H17ClOS. The predicted molar refractivity (Wildman–Crippen MR) is 79.1 cm³/mol. The third-order valence-electron chi connectivity index (χ3n) is 3.13. The van der Waals surface area contributed by atoms with E-state index in [1.165, 1.54) is 16.7 Å². The van der Waals surface area contributed by atoms with Crippen LogP contribution in [0.4, 0.5) is 0 Å². The van der Waals surface area contributed by atoms with Gasteiger partial charge in [0.25, 0.3) is 0 Å². The van der Waals surface area contributed by atoms with Gasteiger partial charge in [-0.1, -0.05) is 18.2 Å². The van der Waals surface area contributed by atoms with E-state index < -0.39 is 0 Å². The quantitative estimate of drug-likeness (QED) is 0.724. The summed E-state index contributed by atoms with van der Waals surface area (Å²) in [6.07, 6.45) is 0.854. The van der Waals surface area contributed by atoms with Crippen molar-refractivity contribution < 1.29 is 4.74 Å². The van der Waals surface area contributed by atoms with E-state index >= 15 is 0 Å². The summed E-state index contributed by atoms with van der Waals surface area (Å²) in [5, 5.41) is 2.01. The summed E-state index contributed by atoms with van der Waals surface area (Å²) in [6, 6.07) is 8.55. The maximum Gasteiger partial charge on any atom is 0.129 e. The topological polar surface area (TPSA) is 9.23 Å². The number of alkyl halides is 1. The number of thiophene rings is 1. The van der Waals surface area contributed by atoms with Crippen LogP contribution in [0.1, 0.15) is 26.9 Å². The molecule has 0 radical (unpaired) electrons. The molecule has 1 atom stereocenters. The minimum Gasteiger partial charge on any atom is -0.496 e. The molecule has 1 aromatic heterocycles. The Balaban J connectivity index is 2.10. The van der Waals surface area contributed by atoms with Crippen LogP contribution in [0.3, 0.4) is 0 Å². The Hall–Kier alpha value is -0.990. The van der Waals surface area contributed by atoms with Gasteiger partial charge in [-0.15, -0.1) is 22.9 Å². The minimum absolute atomic E-state index is 0.0148. The first-order chi connectivity index (χ1) is 8.60. The van der Waals surface area contributed by atoms with Crippen LogP contribution < -0.4 is 4.74 Å². The lowest BCUT2D eigenvalue weighted by atomic mass is 10.0. The van der Waals surface area contributed by atoms with Crippen molar-refractivity contribution >= 4 is 22.9 Å². The van der Waals surface area contributed by atoms with Crippen molar-refractivity contribution in [3.8, 4) is 5.75 Å². The van der Waals surface area contributed by atoms with Gasteiger partial charge in [0.2, 0.25) is 0 Å². The Kier molecular flexibility index (Phi) is 4.31. The number of halogens is 1. The van der Waals surface area contributed by atoms with E-state index in [0.29, 0.717) is 0 Å². The lowest BCUT2D eigenvalue weighted by Gasteiger charge is -2.09. The summed E-state index contributed by atoms with van der Waals surface area (Å²) in [5.74, 6) is 0.890. The van der Waals surface area contributed by atoms with E-state index in [1.807, 2.05) is 11.4 Å². The lowest BCUT2D eigenvalue weighted by molar-refractivity contribution is 0.416. The Morgan fingerprint density at radius 1 is 1.22 bits per heavy atom. The number of ether oxygens (including phenoxy) is 1. The van der Waals surface area contributed by atoms with E-state index in [4.69, 9.17) is 16.3 Å². The highest BCUT2D eigenvalue weighted by molar-refractivity contribution is 7.10. The van der Waals surface area contributed by atoms with E-state index in [9.17, 15) is 0 Å². The molecule has 0 aliphatic rings. The Morgan fingerprint density at radius 2 is 2.00 bits per heavy atom. The Bertz CT molecular complexity index is 533. The third-order valence-corrected chi connectivity index (χ3v) is 4.67. The monoisotopic (exact) mass is 280 g/mol. The van der Waals surface area contributed by atoms with Gasteiger partial charge in [-0.25, -0.2) is 0 Å². The predicted octanol–water partition coefficient (Wildman–Crippen LogP) is 4.90. The molecule has 0 aliphatic carbocycles. The normalized spacial score (nSPS) is 12.4. The Morgan fingerprint density at radius 3 is 2.61 bits per heavy atom. The van der Waals surface area contributed by atoms with Crippen molar-refractivity contribution in [2.45, 2.75) is 25.6 Å². The molecule has 0 aliphatic heterocycles. The average molecular weight is 281 g/mol. The molecule has 0 saturated carbocycles. The average Bonchev–Trinajstić information content (AvgIpc) is 2.82. The molecule has 3 heteroatoms. The molecule has 1 unspecified atom stereocenters. The van der Waals surface area contributed by atoms with Gasteiger partial charge < -0.3 is 4.74 Å². The molecule has 0 bridgehead atoms. The summed E-state index contributed by atoms with van der Waals surface area (Å²) in [6.45, 7) is 4.26. The highest BCUT2D eigenvalue weighted by Crippen LogP contribution is 2.33. The van der Waals surface area contributed by atoms with Crippen molar-refractivity contribution in [3.05, 3.63) is 51.2 Å². The number of benzene rings is 1. The van der Waals surface area contributed by atoms with E-state index in [1.54, 1.807) is 18.4 Å². The zero-order chi connectivity index (χ0) is 13.1. The van der Waals surface area contributed by atoms with Crippen molar-refractivity contribution in [2.75, 3.05) is 7.11 Å². The van der Waals surface area contributed by atoms with Crippen LogP contribution in [-0.2, 0) is 6.42 Å². The first kappa shape index (κ1) is 13.4. The fourth-order valence-corrected chi connectivity index (χ4v) is 3.07. The molecule has 1 nitrogen and oxygen atoms in total. The fraction of sp³-hybridized carbons (Fsp3) is 0.333. The van der Waals surface area contributed by atoms with E-state index in [0.717, 1.165) is 17.0 Å². The SMILES string of the molecule is COc1csc(C(Cl)Cc2ccc(C)c(C)c2)c1. The van der Waals surface area contributed by atoms with Crippen molar-refractivity contribution in [3.63, 3.8) is 0 Å². The molecule has 0 fully saturated rings.